The maximum Gasteiger partial charge on any atom is 0.147 e. The lowest BCUT2D eigenvalue weighted by Crippen LogP contribution is -2.29. The Kier molecular flexibility index (Phi) is 4.68. The molecule has 18 heavy (non-hydrogen) atoms. The largest absolute Gasteiger partial charge is 0.299 e. The molecule has 0 aliphatic carbocycles. The molecule has 0 heterocycles. The molecular formula is C14H20O3S. The van der Waals surface area contributed by atoms with Crippen molar-refractivity contribution in [2.24, 2.45) is 0 Å². The number of sulfone groups is 1. The Hall–Kier alpha value is -1.16. The van der Waals surface area contributed by atoms with Crippen LogP contribution in [0.2, 0.25) is 0 Å². The van der Waals surface area contributed by atoms with Gasteiger partial charge in [-0.2, -0.15) is 0 Å². The van der Waals surface area contributed by atoms with Gasteiger partial charge in [0, 0.05) is 18.1 Å². The van der Waals surface area contributed by atoms with E-state index in [1.165, 1.54) is 6.26 Å². The fourth-order valence-corrected chi connectivity index (χ4v) is 2.49. The number of rotatable bonds is 6. The average Bonchev–Trinajstić information content (AvgIpc) is 2.28. The van der Waals surface area contributed by atoms with Crippen LogP contribution in [0.25, 0.3) is 0 Å². The Morgan fingerprint density at radius 3 is 2.22 bits per heavy atom. The van der Waals surface area contributed by atoms with E-state index in [4.69, 9.17) is 0 Å². The van der Waals surface area contributed by atoms with Crippen LogP contribution >= 0.6 is 0 Å². The van der Waals surface area contributed by atoms with E-state index in [0.29, 0.717) is 12.8 Å². The molecule has 0 spiro atoms. The molecule has 0 fully saturated rings. The highest BCUT2D eigenvalue weighted by Gasteiger charge is 2.28. The maximum absolute atomic E-state index is 12.2. The highest BCUT2D eigenvalue weighted by Crippen LogP contribution is 2.25. The first-order chi connectivity index (χ1) is 8.23. The predicted molar refractivity (Wildman–Crippen MR) is 73.4 cm³/mol. The topological polar surface area (TPSA) is 51.2 Å². The number of Topliss-reactive ketones (excluding diaryl/α,β-unsaturated/α-hetero) is 1. The zero-order chi connectivity index (χ0) is 13.8. The summed E-state index contributed by atoms with van der Waals surface area (Å²) in [6.07, 6.45) is 1.89. The van der Waals surface area contributed by atoms with E-state index in [1.54, 1.807) is 0 Å². The van der Waals surface area contributed by atoms with Gasteiger partial charge in [-0.15, -0.1) is 0 Å². The van der Waals surface area contributed by atoms with Crippen LogP contribution in [0.15, 0.2) is 30.3 Å². The lowest BCUT2D eigenvalue weighted by atomic mass is 9.79. The normalized spacial score (nSPS) is 12.4. The Bertz CT molecular complexity index is 501. The zero-order valence-electron chi connectivity index (χ0n) is 11.1. The van der Waals surface area contributed by atoms with Crippen molar-refractivity contribution in [3.05, 3.63) is 35.9 Å². The quantitative estimate of drug-likeness (QED) is 0.796. The van der Waals surface area contributed by atoms with Crippen molar-refractivity contribution in [3.63, 3.8) is 0 Å². The van der Waals surface area contributed by atoms with Gasteiger partial charge in [0.1, 0.15) is 15.6 Å². The van der Waals surface area contributed by atoms with E-state index in [-0.39, 0.29) is 11.5 Å². The molecule has 1 aromatic carbocycles. The average molecular weight is 268 g/mol. The minimum absolute atomic E-state index is 0.0730. The first-order valence-electron chi connectivity index (χ1n) is 6.00. The van der Waals surface area contributed by atoms with Crippen molar-refractivity contribution in [2.45, 2.75) is 32.1 Å². The molecule has 0 N–H and O–H groups in total. The van der Waals surface area contributed by atoms with Crippen LogP contribution in [0.1, 0.15) is 32.3 Å². The van der Waals surface area contributed by atoms with Crippen LogP contribution in [-0.2, 0) is 20.0 Å². The third kappa shape index (κ3) is 4.26. The van der Waals surface area contributed by atoms with E-state index in [0.717, 1.165) is 5.56 Å². The second-order valence-corrected chi connectivity index (χ2v) is 7.41. The standard InChI is InChI=1S/C14H20O3S/c1-14(2,12-8-5-4-6-9-12)13(15)10-7-11-18(3,16)17/h4-6,8-9H,7,10-11H2,1-3H3. The van der Waals surface area contributed by atoms with Gasteiger partial charge in [0.05, 0.1) is 5.75 Å². The first-order valence-corrected chi connectivity index (χ1v) is 8.06. The van der Waals surface area contributed by atoms with Crippen LogP contribution in [0, 0.1) is 0 Å². The molecule has 3 nitrogen and oxygen atoms in total. The molecular weight excluding hydrogens is 248 g/mol. The van der Waals surface area contributed by atoms with Gasteiger partial charge in [-0.05, 0) is 25.8 Å². The third-order valence-corrected chi connectivity index (χ3v) is 4.14. The van der Waals surface area contributed by atoms with Gasteiger partial charge >= 0.3 is 0 Å². The smallest absolute Gasteiger partial charge is 0.147 e. The second-order valence-electron chi connectivity index (χ2n) is 5.15. The van der Waals surface area contributed by atoms with Crippen LogP contribution in [0.3, 0.4) is 0 Å². The summed E-state index contributed by atoms with van der Waals surface area (Å²) < 4.78 is 22.0. The summed E-state index contributed by atoms with van der Waals surface area (Å²) in [6.45, 7) is 3.76. The Morgan fingerprint density at radius 2 is 1.72 bits per heavy atom. The number of carbonyl (C=O) groups excluding carboxylic acids is 1. The molecule has 0 saturated heterocycles. The highest BCUT2D eigenvalue weighted by molar-refractivity contribution is 7.90. The van der Waals surface area contributed by atoms with Gasteiger partial charge < -0.3 is 0 Å². The summed E-state index contributed by atoms with van der Waals surface area (Å²) >= 11 is 0. The molecule has 0 aliphatic rings. The molecule has 0 saturated carbocycles. The van der Waals surface area contributed by atoms with Crippen LogP contribution < -0.4 is 0 Å². The summed E-state index contributed by atoms with van der Waals surface area (Å²) in [5.41, 5.74) is 0.410. The fourth-order valence-electron chi connectivity index (χ4n) is 1.82. The highest BCUT2D eigenvalue weighted by atomic mass is 32.2. The molecule has 0 aliphatic heterocycles. The summed E-state index contributed by atoms with van der Waals surface area (Å²) in [4.78, 5) is 12.2. The molecule has 0 bridgehead atoms. The molecule has 4 heteroatoms. The maximum atomic E-state index is 12.2. The number of hydrogen-bond acceptors (Lipinski definition) is 3. The number of hydrogen-bond donors (Lipinski definition) is 0. The number of ketones is 1. The van der Waals surface area contributed by atoms with Crippen molar-refractivity contribution in [1.82, 2.24) is 0 Å². The summed E-state index contributed by atoms with van der Waals surface area (Å²) in [6, 6.07) is 9.57. The summed E-state index contributed by atoms with van der Waals surface area (Å²) in [7, 11) is -2.98. The lowest BCUT2D eigenvalue weighted by Gasteiger charge is -2.23. The van der Waals surface area contributed by atoms with Crippen LogP contribution in [-0.4, -0.2) is 26.2 Å². The number of carbonyl (C=O) groups is 1. The molecule has 0 aromatic heterocycles. The SMILES string of the molecule is CC(C)(C(=O)CCCS(C)(=O)=O)c1ccccc1. The molecule has 1 aromatic rings. The van der Waals surface area contributed by atoms with E-state index in [1.807, 2.05) is 44.2 Å². The van der Waals surface area contributed by atoms with Gasteiger partial charge in [0.2, 0.25) is 0 Å². The Morgan fingerprint density at radius 1 is 1.17 bits per heavy atom. The molecule has 1 rings (SSSR count). The van der Waals surface area contributed by atoms with Gasteiger partial charge in [0.25, 0.3) is 0 Å². The van der Waals surface area contributed by atoms with E-state index in [2.05, 4.69) is 0 Å². The number of benzene rings is 1. The summed E-state index contributed by atoms with van der Waals surface area (Å²) in [5.74, 6) is 0.154. The molecule has 0 atom stereocenters. The monoisotopic (exact) mass is 268 g/mol. The van der Waals surface area contributed by atoms with Gasteiger partial charge in [0.15, 0.2) is 0 Å². The molecule has 0 unspecified atom stereocenters. The molecule has 0 radical (unpaired) electrons. The van der Waals surface area contributed by atoms with Crippen LogP contribution in [0.5, 0.6) is 0 Å². The van der Waals surface area contributed by atoms with E-state index >= 15 is 0 Å². The van der Waals surface area contributed by atoms with Crippen molar-refractivity contribution >= 4 is 15.6 Å². The molecule has 0 amide bonds. The van der Waals surface area contributed by atoms with Gasteiger partial charge in [-0.1, -0.05) is 30.3 Å². The van der Waals surface area contributed by atoms with Gasteiger partial charge in [-0.25, -0.2) is 8.42 Å². The lowest BCUT2D eigenvalue weighted by molar-refractivity contribution is -0.123. The Balaban J connectivity index is 2.66. The van der Waals surface area contributed by atoms with E-state index in [9.17, 15) is 13.2 Å². The molecule has 100 valence electrons. The van der Waals surface area contributed by atoms with Crippen molar-refractivity contribution in [2.75, 3.05) is 12.0 Å². The van der Waals surface area contributed by atoms with Crippen LogP contribution in [0.4, 0.5) is 0 Å². The third-order valence-electron chi connectivity index (χ3n) is 3.11. The van der Waals surface area contributed by atoms with E-state index < -0.39 is 15.3 Å². The first kappa shape index (κ1) is 14.9. The summed E-state index contributed by atoms with van der Waals surface area (Å²) in [5, 5.41) is 0. The van der Waals surface area contributed by atoms with Gasteiger partial charge in [-0.3, -0.25) is 4.79 Å². The fraction of sp³-hybridized carbons (Fsp3) is 0.500. The second kappa shape index (κ2) is 5.65. The van der Waals surface area contributed by atoms with Crippen molar-refractivity contribution < 1.29 is 13.2 Å². The Labute approximate surface area is 109 Å². The van der Waals surface area contributed by atoms with Crippen molar-refractivity contribution in [3.8, 4) is 0 Å². The minimum atomic E-state index is -2.98. The zero-order valence-corrected chi connectivity index (χ0v) is 12.0. The predicted octanol–water partition coefficient (Wildman–Crippen LogP) is 2.36. The minimum Gasteiger partial charge on any atom is -0.299 e. The van der Waals surface area contributed by atoms with Crippen molar-refractivity contribution in [1.29, 1.82) is 0 Å².